The number of thiazole rings is 1. The maximum absolute atomic E-state index is 13.7. The van der Waals surface area contributed by atoms with Gasteiger partial charge in [-0.25, -0.2) is 9.37 Å². The molecule has 0 aliphatic carbocycles. The van der Waals surface area contributed by atoms with Gasteiger partial charge in [0.05, 0.1) is 10.2 Å². The van der Waals surface area contributed by atoms with E-state index in [1.807, 2.05) is 12.1 Å². The van der Waals surface area contributed by atoms with Crippen LogP contribution in [0.1, 0.15) is 12.0 Å². The first-order valence-electron chi connectivity index (χ1n) is 4.53. The zero-order chi connectivity index (χ0) is 9.97. The molecule has 2 N–H and O–H groups in total. The van der Waals surface area contributed by atoms with Crippen LogP contribution in [-0.2, 0) is 6.42 Å². The Bertz CT molecular complexity index is 439. The Kier molecular flexibility index (Phi) is 2.74. The van der Waals surface area contributed by atoms with Gasteiger partial charge in [0.1, 0.15) is 5.52 Å². The summed E-state index contributed by atoms with van der Waals surface area (Å²) >= 11 is 1.46. The number of nitrogens with zero attached hydrogens (tertiary/aromatic N) is 1. The molecule has 0 unspecified atom stereocenters. The SMILES string of the molecule is NCCCc1ccc2scnc2c1F. The first-order chi connectivity index (χ1) is 6.83. The summed E-state index contributed by atoms with van der Waals surface area (Å²) < 4.78 is 14.6. The van der Waals surface area contributed by atoms with Crippen molar-refractivity contribution in [3.05, 3.63) is 29.0 Å². The number of hydrogen-bond donors (Lipinski definition) is 1. The third-order valence-electron chi connectivity index (χ3n) is 2.17. The summed E-state index contributed by atoms with van der Waals surface area (Å²) in [6, 6.07) is 3.74. The van der Waals surface area contributed by atoms with E-state index in [9.17, 15) is 4.39 Å². The van der Waals surface area contributed by atoms with Crippen molar-refractivity contribution >= 4 is 21.6 Å². The highest BCUT2D eigenvalue weighted by atomic mass is 32.1. The third kappa shape index (κ3) is 1.63. The van der Waals surface area contributed by atoms with Crippen molar-refractivity contribution in [2.24, 2.45) is 5.73 Å². The number of nitrogens with two attached hydrogens (primary N) is 1. The molecule has 0 aliphatic heterocycles. The van der Waals surface area contributed by atoms with Gasteiger partial charge in [-0.05, 0) is 31.0 Å². The second kappa shape index (κ2) is 4.02. The zero-order valence-corrected chi connectivity index (χ0v) is 8.48. The summed E-state index contributed by atoms with van der Waals surface area (Å²) in [5, 5.41) is 0. The van der Waals surface area contributed by atoms with Crippen molar-refractivity contribution in [1.82, 2.24) is 4.98 Å². The molecular formula is C10H11FN2S. The zero-order valence-electron chi connectivity index (χ0n) is 7.66. The minimum Gasteiger partial charge on any atom is -0.330 e. The molecule has 1 heterocycles. The monoisotopic (exact) mass is 210 g/mol. The summed E-state index contributed by atoms with van der Waals surface area (Å²) in [4.78, 5) is 4.00. The Morgan fingerprint density at radius 2 is 2.29 bits per heavy atom. The summed E-state index contributed by atoms with van der Waals surface area (Å²) in [5.41, 5.74) is 8.26. The first kappa shape index (κ1) is 9.55. The Hall–Kier alpha value is -1.00. The van der Waals surface area contributed by atoms with Crippen LogP contribution in [-0.4, -0.2) is 11.5 Å². The van der Waals surface area contributed by atoms with Crippen LogP contribution >= 0.6 is 11.3 Å². The Labute approximate surface area is 85.6 Å². The van der Waals surface area contributed by atoms with E-state index in [1.54, 1.807) is 5.51 Å². The lowest BCUT2D eigenvalue weighted by Gasteiger charge is -2.01. The minimum absolute atomic E-state index is 0.183. The van der Waals surface area contributed by atoms with Crippen molar-refractivity contribution in [3.63, 3.8) is 0 Å². The molecule has 2 aromatic rings. The highest BCUT2D eigenvalue weighted by Gasteiger charge is 2.08. The van der Waals surface area contributed by atoms with Gasteiger partial charge in [0.2, 0.25) is 0 Å². The molecule has 14 heavy (non-hydrogen) atoms. The predicted molar refractivity (Wildman–Crippen MR) is 57.0 cm³/mol. The van der Waals surface area contributed by atoms with E-state index in [4.69, 9.17) is 5.73 Å². The van der Waals surface area contributed by atoms with Gasteiger partial charge in [-0.2, -0.15) is 0 Å². The molecule has 0 aliphatic rings. The van der Waals surface area contributed by atoms with E-state index in [0.717, 1.165) is 11.1 Å². The van der Waals surface area contributed by atoms with Crippen molar-refractivity contribution in [3.8, 4) is 0 Å². The predicted octanol–water partition coefficient (Wildman–Crippen LogP) is 2.33. The van der Waals surface area contributed by atoms with Gasteiger partial charge in [0, 0.05) is 0 Å². The molecule has 0 bridgehead atoms. The van der Waals surface area contributed by atoms with Gasteiger partial charge in [0.25, 0.3) is 0 Å². The number of fused-ring (bicyclic) bond motifs is 1. The molecule has 0 fully saturated rings. The highest BCUT2D eigenvalue weighted by molar-refractivity contribution is 7.16. The largest absolute Gasteiger partial charge is 0.330 e. The van der Waals surface area contributed by atoms with E-state index in [2.05, 4.69) is 4.98 Å². The number of benzene rings is 1. The van der Waals surface area contributed by atoms with Crippen LogP contribution in [0.4, 0.5) is 4.39 Å². The molecule has 0 amide bonds. The Morgan fingerprint density at radius 3 is 3.07 bits per heavy atom. The van der Waals surface area contributed by atoms with Crippen LogP contribution in [0.2, 0.25) is 0 Å². The Balaban J connectivity index is 2.40. The molecular weight excluding hydrogens is 199 g/mol. The molecule has 4 heteroatoms. The fourth-order valence-electron chi connectivity index (χ4n) is 1.43. The third-order valence-corrected chi connectivity index (χ3v) is 2.97. The van der Waals surface area contributed by atoms with Gasteiger partial charge in [-0.1, -0.05) is 6.07 Å². The quantitative estimate of drug-likeness (QED) is 0.844. The molecule has 0 saturated heterocycles. The summed E-state index contributed by atoms with van der Waals surface area (Å²) in [6.45, 7) is 0.592. The Morgan fingerprint density at radius 1 is 1.43 bits per heavy atom. The molecule has 74 valence electrons. The molecule has 0 spiro atoms. The van der Waals surface area contributed by atoms with Crippen LogP contribution in [0.3, 0.4) is 0 Å². The van der Waals surface area contributed by atoms with Crippen molar-refractivity contribution < 1.29 is 4.39 Å². The van der Waals surface area contributed by atoms with Gasteiger partial charge < -0.3 is 5.73 Å². The van der Waals surface area contributed by atoms with Gasteiger partial charge in [-0.15, -0.1) is 11.3 Å². The van der Waals surface area contributed by atoms with Crippen LogP contribution in [0.25, 0.3) is 10.2 Å². The van der Waals surface area contributed by atoms with E-state index in [1.165, 1.54) is 11.3 Å². The molecule has 2 nitrogen and oxygen atoms in total. The van der Waals surface area contributed by atoms with E-state index < -0.39 is 0 Å². The van der Waals surface area contributed by atoms with Crippen LogP contribution in [0.15, 0.2) is 17.6 Å². The fourth-order valence-corrected chi connectivity index (χ4v) is 2.10. The molecule has 0 saturated carbocycles. The first-order valence-corrected chi connectivity index (χ1v) is 5.41. The topological polar surface area (TPSA) is 38.9 Å². The van der Waals surface area contributed by atoms with Gasteiger partial charge >= 0.3 is 0 Å². The summed E-state index contributed by atoms with van der Waals surface area (Å²) in [7, 11) is 0. The normalized spacial score (nSPS) is 11.0. The van der Waals surface area contributed by atoms with Crippen LogP contribution < -0.4 is 5.73 Å². The lowest BCUT2D eigenvalue weighted by atomic mass is 10.1. The lowest BCUT2D eigenvalue weighted by Crippen LogP contribution is -2.01. The van der Waals surface area contributed by atoms with E-state index >= 15 is 0 Å². The van der Waals surface area contributed by atoms with Crippen molar-refractivity contribution in [2.45, 2.75) is 12.8 Å². The van der Waals surface area contributed by atoms with Crippen molar-refractivity contribution in [2.75, 3.05) is 6.54 Å². The number of hydrogen-bond acceptors (Lipinski definition) is 3. The molecule has 0 atom stereocenters. The second-order valence-corrected chi connectivity index (χ2v) is 4.02. The maximum Gasteiger partial charge on any atom is 0.153 e. The smallest absolute Gasteiger partial charge is 0.153 e. The maximum atomic E-state index is 13.7. The van der Waals surface area contributed by atoms with Crippen LogP contribution in [0.5, 0.6) is 0 Å². The molecule has 1 aromatic heterocycles. The number of aromatic nitrogens is 1. The van der Waals surface area contributed by atoms with E-state index in [-0.39, 0.29) is 5.82 Å². The molecule has 0 radical (unpaired) electrons. The fraction of sp³-hybridized carbons (Fsp3) is 0.300. The van der Waals surface area contributed by atoms with Gasteiger partial charge in [0.15, 0.2) is 5.82 Å². The number of rotatable bonds is 3. The number of aryl methyl sites for hydroxylation is 1. The number of halogens is 1. The lowest BCUT2D eigenvalue weighted by molar-refractivity contribution is 0.614. The second-order valence-electron chi connectivity index (χ2n) is 3.13. The standard InChI is InChI=1S/C10H11FN2S/c11-9-7(2-1-5-12)3-4-8-10(9)13-6-14-8/h3-4,6H,1-2,5,12H2. The highest BCUT2D eigenvalue weighted by Crippen LogP contribution is 2.23. The average Bonchev–Trinajstić information content (AvgIpc) is 2.66. The summed E-state index contributed by atoms with van der Waals surface area (Å²) in [6.07, 6.45) is 1.50. The van der Waals surface area contributed by atoms with Crippen LogP contribution in [0, 0.1) is 5.82 Å². The van der Waals surface area contributed by atoms with E-state index in [0.29, 0.717) is 24.0 Å². The minimum atomic E-state index is -0.183. The summed E-state index contributed by atoms with van der Waals surface area (Å²) in [5.74, 6) is -0.183. The van der Waals surface area contributed by atoms with Crippen molar-refractivity contribution in [1.29, 1.82) is 0 Å². The molecule has 1 aromatic carbocycles. The molecule has 2 rings (SSSR count). The average molecular weight is 210 g/mol. The van der Waals surface area contributed by atoms with Gasteiger partial charge in [-0.3, -0.25) is 0 Å².